The van der Waals surface area contributed by atoms with Crippen molar-refractivity contribution in [2.75, 3.05) is 7.05 Å². The van der Waals surface area contributed by atoms with Crippen molar-refractivity contribution in [3.05, 3.63) is 47.8 Å². The molecule has 2 aliphatic carbocycles. The molecule has 0 bridgehead atoms. The van der Waals surface area contributed by atoms with Crippen LogP contribution in [0.2, 0.25) is 0 Å². The highest BCUT2D eigenvalue weighted by atomic mass is 127. The maximum Gasteiger partial charge on any atom is 0.191 e. The maximum absolute atomic E-state index is 13.7. The monoisotopic (exact) mass is 401 g/mol. The second-order valence-corrected chi connectivity index (χ2v) is 5.47. The molecular formula is C16H21FIN3. The molecule has 0 radical (unpaired) electrons. The highest BCUT2D eigenvalue weighted by Crippen LogP contribution is 2.41. The van der Waals surface area contributed by atoms with Crippen molar-refractivity contribution >= 4 is 29.9 Å². The molecular weight excluding hydrogens is 380 g/mol. The quantitative estimate of drug-likeness (QED) is 0.353. The summed E-state index contributed by atoms with van der Waals surface area (Å²) in [6, 6.07) is 7.75. The van der Waals surface area contributed by atoms with Gasteiger partial charge < -0.3 is 10.6 Å². The fraction of sp³-hybridized carbons (Fsp3) is 0.438. The lowest BCUT2D eigenvalue weighted by Gasteiger charge is -2.17. The summed E-state index contributed by atoms with van der Waals surface area (Å²) in [5.41, 5.74) is 0.808. The summed E-state index contributed by atoms with van der Waals surface area (Å²) in [6.45, 7) is 0. The second kappa shape index (κ2) is 7.24. The summed E-state index contributed by atoms with van der Waals surface area (Å²) in [5, 5.41) is 6.79. The molecule has 0 aromatic heterocycles. The van der Waals surface area contributed by atoms with Gasteiger partial charge in [-0.1, -0.05) is 30.4 Å². The Morgan fingerprint density at radius 3 is 2.57 bits per heavy atom. The Balaban J connectivity index is 0.00000161. The number of benzene rings is 1. The average molecular weight is 401 g/mol. The molecule has 0 spiro atoms. The minimum absolute atomic E-state index is 0. The Kier molecular flexibility index (Phi) is 5.61. The SMILES string of the molecule is CN=C(NC1CC=CC1)NC1CC1c1ccccc1F.I. The molecule has 114 valence electrons. The molecule has 3 nitrogen and oxygen atoms in total. The van der Waals surface area contributed by atoms with E-state index in [0.717, 1.165) is 30.8 Å². The lowest BCUT2D eigenvalue weighted by Crippen LogP contribution is -2.43. The molecule has 2 aliphatic rings. The van der Waals surface area contributed by atoms with Crippen LogP contribution in [0.15, 0.2) is 41.4 Å². The van der Waals surface area contributed by atoms with Crippen LogP contribution in [-0.4, -0.2) is 25.1 Å². The average Bonchev–Trinajstić information content (AvgIpc) is 3.01. The summed E-state index contributed by atoms with van der Waals surface area (Å²) in [6.07, 6.45) is 7.42. The van der Waals surface area contributed by atoms with Crippen molar-refractivity contribution < 1.29 is 4.39 Å². The predicted octanol–water partition coefficient (Wildman–Crippen LogP) is 3.18. The predicted molar refractivity (Wildman–Crippen MR) is 94.8 cm³/mol. The summed E-state index contributed by atoms with van der Waals surface area (Å²) in [4.78, 5) is 4.26. The number of hydrogen-bond donors (Lipinski definition) is 2. The minimum Gasteiger partial charge on any atom is -0.353 e. The highest BCUT2D eigenvalue weighted by Gasteiger charge is 2.40. The fourth-order valence-electron chi connectivity index (χ4n) is 2.75. The van der Waals surface area contributed by atoms with E-state index in [1.54, 1.807) is 13.1 Å². The van der Waals surface area contributed by atoms with E-state index in [9.17, 15) is 4.39 Å². The Morgan fingerprint density at radius 1 is 1.19 bits per heavy atom. The smallest absolute Gasteiger partial charge is 0.191 e. The zero-order valence-corrected chi connectivity index (χ0v) is 14.4. The van der Waals surface area contributed by atoms with E-state index < -0.39 is 0 Å². The zero-order chi connectivity index (χ0) is 13.9. The van der Waals surface area contributed by atoms with Gasteiger partial charge in [-0.3, -0.25) is 4.99 Å². The lowest BCUT2D eigenvalue weighted by molar-refractivity contribution is 0.605. The third kappa shape index (κ3) is 3.96. The maximum atomic E-state index is 13.7. The summed E-state index contributed by atoms with van der Waals surface area (Å²) >= 11 is 0. The topological polar surface area (TPSA) is 36.4 Å². The molecule has 2 atom stereocenters. The number of nitrogens with zero attached hydrogens (tertiary/aromatic N) is 1. The van der Waals surface area contributed by atoms with Gasteiger partial charge in [-0.2, -0.15) is 0 Å². The van der Waals surface area contributed by atoms with E-state index in [2.05, 4.69) is 27.8 Å². The van der Waals surface area contributed by atoms with Crippen LogP contribution in [0.25, 0.3) is 0 Å². The van der Waals surface area contributed by atoms with Gasteiger partial charge in [0.25, 0.3) is 0 Å². The molecule has 0 aliphatic heterocycles. The van der Waals surface area contributed by atoms with Gasteiger partial charge >= 0.3 is 0 Å². The van der Waals surface area contributed by atoms with Crippen LogP contribution in [-0.2, 0) is 0 Å². The van der Waals surface area contributed by atoms with Crippen molar-refractivity contribution in [1.29, 1.82) is 0 Å². The van der Waals surface area contributed by atoms with E-state index >= 15 is 0 Å². The standard InChI is InChI=1S/C16H20FN3.HI/c1-18-16(19-11-6-2-3-7-11)20-15-10-13(15)12-8-4-5-9-14(12)17;/h2-5,8-9,11,13,15H,6-7,10H2,1H3,(H2,18,19,20);1H. The largest absolute Gasteiger partial charge is 0.353 e. The van der Waals surface area contributed by atoms with E-state index in [4.69, 9.17) is 0 Å². The first-order valence-electron chi connectivity index (χ1n) is 7.17. The van der Waals surface area contributed by atoms with Crippen molar-refractivity contribution in [3.8, 4) is 0 Å². The van der Waals surface area contributed by atoms with Crippen LogP contribution >= 0.6 is 24.0 Å². The van der Waals surface area contributed by atoms with E-state index in [1.807, 2.05) is 12.1 Å². The molecule has 1 saturated carbocycles. The van der Waals surface area contributed by atoms with Crippen LogP contribution in [0.3, 0.4) is 0 Å². The van der Waals surface area contributed by atoms with Crippen molar-refractivity contribution in [2.24, 2.45) is 4.99 Å². The van der Waals surface area contributed by atoms with Crippen molar-refractivity contribution in [2.45, 2.75) is 37.3 Å². The number of guanidine groups is 1. The number of aliphatic imine (C=N–C) groups is 1. The molecule has 1 fully saturated rings. The summed E-state index contributed by atoms with van der Waals surface area (Å²) in [7, 11) is 1.78. The Labute approximate surface area is 142 Å². The second-order valence-electron chi connectivity index (χ2n) is 5.47. The van der Waals surface area contributed by atoms with Crippen molar-refractivity contribution in [3.63, 3.8) is 0 Å². The van der Waals surface area contributed by atoms with Gasteiger partial charge in [-0.15, -0.1) is 24.0 Å². The van der Waals surface area contributed by atoms with Gasteiger partial charge in [0.15, 0.2) is 5.96 Å². The molecule has 1 aromatic carbocycles. The normalized spacial score (nSPS) is 24.6. The first kappa shape index (κ1) is 16.3. The fourth-order valence-corrected chi connectivity index (χ4v) is 2.75. The molecule has 0 saturated heterocycles. The van der Waals surface area contributed by atoms with Gasteiger partial charge in [0.05, 0.1) is 0 Å². The first-order valence-corrected chi connectivity index (χ1v) is 7.17. The number of nitrogens with one attached hydrogen (secondary N) is 2. The molecule has 2 N–H and O–H groups in total. The summed E-state index contributed by atoms with van der Waals surface area (Å²) < 4.78 is 13.7. The highest BCUT2D eigenvalue weighted by molar-refractivity contribution is 14.0. The summed E-state index contributed by atoms with van der Waals surface area (Å²) in [5.74, 6) is 0.976. The Hall–Kier alpha value is -1.11. The van der Waals surface area contributed by atoms with Gasteiger partial charge in [0.2, 0.25) is 0 Å². The molecule has 3 rings (SSSR count). The van der Waals surface area contributed by atoms with Crippen LogP contribution in [0, 0.1) is 5.82 Å². The van der Waals surface area contributed by atoms with Gasteiger partial charge in [-0.25, -0.2) is 4.39 Å². The minimum atomic E-state index is -0.107. The Morgan fingerprint density at radius 2 is 1.90 bits per heavy atom. The molecule has 21 heavy (non-hydrogen) atoms. The number of hydrogen-bond acceptors (Lipinski definition) is 1. The molecule has 5 heteroatoms. The van der Waals surface area contributed by atoms with E-state index in [1.165, 1.54) is 6.07 Å². The number of rotatable bonds is 3. The van der Waals surface area contributed by atoms with Crippen molar-refractivity contribution in [1.82, 2.24) is 10.6 Å². The molecule has 1 aromatic rings. The van der Waals surface area contributed by atoms with Gasteiger partial charge in [-0.05, 0) is 30.9 Å². The molecule has 2 unspecified atom stereocenters. The van der Waals surface area contributed by atoms with Crippen LogP contribution in [0.4, 0.5) is 4.39 Å². The van der Waals surface area contributed by atoms with Gasteiger partial charge in [0.1, 0.15) is 5.82 Å². The third-order valence-corrected chi connectivity index (χ3v) is 3.99. The van der Waals surface area contributed by atoms with Crippen LogP contribution in [0.1, 0.15) is 30.7 Å². The van der Waals surface area contributed by atoms with E-state index in [-0.39, 0.29) is 41.8 Å². The van der Waals surface area contributed by atoms with Crippen LogP contribution in [0.5, 0.6) is 0 Å². The van der Waals surface area contributed by atoms with E-state index in [0.29, 0.717) is 6.04 Å². The van der Waals surface area contributed by atoms with Gasteiger partial charge in [0, 0.05) is 25.0 Å². The van der Waals surface area contributed by atoms with Crippen LogP contribution < -0.4 is 10.6 Å². The number of halogens is 2. The molecule has 0 heterocycles. The zero-order valence-electron chi connectivity index (χ0n) is 12.1. The lowest BCUT2D eigenvalue weighted by atomic mass is 10.1. The Bertz CT molecular complexity index is 536. The third-order valence-electron chi connectivity index (χ3n) is 3.99. The molecule has 0 amide bonds. The first-order chi connectivity index (χ1) is 9.78.